The highest BCUT2D eigenvalue weighted by Crippen LogP contribution is 2.04. The molecule has 0 aliphatic carbocycles. The normalized spacial score (nSPS) is 15.5. The average molecular weight is 305 g/mol. The quantitative estimate of drug-likeness (QED) is 0.862. The summed E-state index contributed by atoms with van der Waals surface area (Å²) in [6.45, 7) is 5.80. The summed E-state index contributed by atoms with van der Waals surface area (Å²) in [5.41, 5.74) is 1.31. The van der Waals surface area contributed by atoms with E-state index in [9.17, 15) is 4.79 Å². The summed E-state index contributed by atoms with van der Waals surface area (Å²) in [4.78, 5) is 15.5. The van der Waals surface area contributed by atoms with Crippen LogP contribution in [0.2, 0.25) is 0 Å². The Bertz CT molecular complexity index is 478. The minimum Gasteiger partial charge on any atom is -0.362 e. The summed E-state index contributed by atoms with van der Waals surface area (Å²) in [5, 5.41) is 4.13. The second-order valence-electron chi connectivity index (χ2n) is 5.31. The first-order chi connectivity index (χ1) is 10.2. The molecule has 1 amide bonds. The van der Waals surface area contributed by atoms with E-state index in [-0.39, 0.29) is 5.91 Å². The van der Waals surface area contributed by atoms with Crippen molar-refractivity contribution in [2.45, 2.75) is 19.8 Å². The number of amides is 1. The Morgan fingerprint density at radius 1 is 1.14 bits per heavy atom. The molecule has 1 aromatic carbocycles. The summed E-state index contributed by atoms with van der Waals surface area (Å²) in [6.07, 6.45) is 1.94. The monoisotopic (exact) mass is 305 g/mol. The van der Waals surface area contributed by atoms with Gasteiger partial charge in [0.25, 0.3) is 0 Å². The van der Waals surface area contributed by atoms with Gasteiger partial charge in [-0.2, -0.15) is 0 Å². The Kier molecular flexibility index (Phi) is 5.99. The van der Waals surface area contributed by atoms with Crippen LogP contribution < -0.4 is 5.32 Å². The third kappa shape index (κ3) is 5.01. The maximum atomic E-state index is 11.4. The molecule has 0 saturated carbocycles. The van der Waals surface area contributed by atoms with Gasteiger partial charge in [-0.15, -0.1) is 0 Å². The molecule has 1 N–H and O–H groups in total. The van der Waals surface area contributed by atoms with E-state index in [4.69, 9.17) is 12.2 Å². The maximum absolute atomic E-state index is 11.4. The highest BCUT2D eigenvalue weighted by Gasteiger charge is 2.17. The number of hydrogen-bond acceptors (Lipinski definition) is 2. The molecular formula is C16H23N3OS. The lowest BCUT2D eigenvalue weighted by Gasteiger charge is -2.24. The molecule has 0 bridgehead atoms. The van der Waals surface area contributed by atoms with Crippen LogP contribution in [0, 0.1) is 0 Å². The summed E-state index contributed by atoms with van der Waals surface area (Å²) < 4.78 is 0. The number of nitrogens with zero attached hydrogens (tertiary/aromatic N) is 2. The van der Waals surface area contributed by atoms with Crippen LogP contribution in [0.5, 0.6) is 0 Å². The van der Waals surface area contributed by atoms with Crippen LogP contribution in [0.4, 0.5) is 0 Å². The molecule has 1 aliphatic rings. The fraction of sp³-hybridized carbons (Fsp3) is 0.500. The van der Waals surface area contributed by atoms with Crippen LogP contribution in [-0.4, -0.2) is 53.5 Å². The van der Waals surface area contributed by atoms with Gasteiger partial charge in [-0.1, -0.05) is 30.3 Å². The fourth-order valence-electron chi connectivity index (χ4n) is 2.51. The van der Waals surface area contributed by atoms with Crippen LogP contribution in [-0.2, 0) is 11.2 Å². The molecule has 5 heteroatoms. The molecule has 2 rings (SSSR count). The third-order valence-corrected chi connectivity index (χ3v) is 4.16. The molecule has 0 aromatic heterocycles. The van der Waals surface area contributed by atoms with Gasteiger partial charge >= 0.3 is 0 Å². The molecule has 0 atom stereocenters. The SMILES string of the molecule is CC(=O)N1CCCN(C(=S)NCCc2ccccc2)CC1. The largest absolute Gasteiger partial charge is 0.362 e. The second-order valence-corrected chi connectivity index (χ2v) is 5.70. The molecule has 0 unspecified atom stereocenters. The minimum absolute atomic E-state index is 0.153. The van der Waals surface area contributed by atoms with Gasteiger partial charge in [0.2, 0.25) is 5.91 Å². The van der Waals surface area contributed by atoms with Crippen molar-refractivity contribution in [3.63, 3.8) is 0 Å². The van der Waals surface area contributed by atoms with Crippen LogP contribution in [0.3, 0.4) is 0 Å². The number of carbonyl (C=O) groups excluding carboxylic acids is 1. The van der Waals surface area contributed by atoms with Crippen molar-refractivity contribution < 1.29 is 4.79 Å². The van der Waals surface area contributed by atoms with Gasteiger partial charge in [-0.25, -0.2) is 0 Å². The van der Waals surface area contributed by atoms with E-state index in [1.165, 1.54) is 5.56 Å². The minimum atomic E-state index is 0.153. The topological polar surface area (TPSA) is 35.6 Å². The molecule has 0 radical (unpaired) electrons. The van der Waals surface area contributed by atoms with Crippen LogP contribution in [0.1, 0.15) is 18.9 Å². The van der Waals surface area contributed by atoms with Gasteiger partial charge in [0, 0.05) is 39.6 Å². The van der Waals surface area contributed by atoms with Gasteiger partial charge in [0.15, 0.2) is 5.11 Å². The molecule has 1 aliphatic heterocycles. The molecule has 1 aromatic rings. The van der Waals surface area contributed by atoms with Crippen molar-refractivity contribution >= 4 is 23.2 Å². The molecule has 4 nitrogen and oxygen atoms in total. The van der Waals surface area contributed by atoms with E-state index in [0.717, 1.165) is 50.7 Å². The van der Waals surface area contributed by atoms with E-state index in [0.29, 0.717) is 0 Å². The first-order valence-electron chi connectivity index (χ1n) is 7.49. The third-order valence-electron chi connectivity index (χ3n) is 3.76. The number of carbonyl (C=O) groups is 1. The highest BCUT2D eigenvalue weighted by atomic mass is 32.1. The molecule has 114 valence electrons. The van der Waals surface area contributed by atoms with E-state index in [2.05, 4.69) is 34.5 Å². The van der Waals surface area contributed by atoms with Crippen molar-refractivity contribution in [2.24, 2.45) is 0 Å². The van der Waals surface area contributed by atoms with Crippen molar-refractivity contribution in [3.05, 3.63) is 35.9 Å². The van der Waals surface area contributed by atoms with Gasteiger partial charge in [0.05, 0.1) is 0 Å². The van der Waals surface area contributed by atoms with E-state index in [1.807, 2.05) is 11.0 Å². The molecular weight excluding hydrogens is 282 g/mol. The number of hydrogen-bond donors (Lipinski definition) is 1. The van der Waals surface area contributed by atoms with Crippen LogP contribution in [0.25, 0.3) is 0 Å². The van der Waals surface area contributed by atoms with Gasteiger partial charge in [-0.05, 0) is 30.6 Å². The Morgan fingerprint density at radius 2 is 1.81 bits per heavy atom. The van der Waals surface area contributed by atoms with E-state index in [1.54, 1.807) is 6.92 Å². The predicted molar refractivity (Wildman–Crippen MR) is 89.2 cm³/mol. The molecule has 21 heavy (non-hydrogen) atoms. The Hall–Kier alpha value is -1.62. The summed E-state index contributed by atoms with van der Waals surface area (Å²) >= 11 is 5.47. The zero-order valence-electron chi connectivity index (χ0n) is 12.5. The standard InChI is InChI=1S/C16H23N3OS/c1-14(20)18-10-5-11-19(13-12-18)16(21)17-9-8-15-6-3-2-4-7-15/h2-4,6-7H,5,8-13H2,1H3,(H,17,21). The highest BCUT2D eigenvalue weighted by molar-refractivity contribution is 7.80. The van der Waals surface area contributed by atoms with Crippen LogP contribution >= 0.6 is 12.2 Å². The number of rotatable bonds is 3. The lowest BCUT2D eigenvalue weighted by Crippen LogP contribution is -2.42. The molecule has 0 spiro atoms. The van der Waals surface area contributed by atoms with Gasteiger partial charge < -0.3 is 15.1 Å². The van der Waals surface area contributed by atoms with Crippen molar-refractivity contribution in [1.29, 1.82) is 0 Å². The predicted octanol–water partition coefficient (Wildman–Crippen LogP) is 1.66. The van der Waals surface area contributed by atoms with Crippen molar-refractivity contribution in [3.8, 4) is 0 Å². The lowest BCUT2D eigenvalue weighted by atomic mass is 10.1. The first kappa shape index (κ1) is 15.8. The fourth-order valence-corrected chi connectivity index (χ4v) is 2.79. The van der Waals surface area contributed by atoms with E-state index >= 15 is 0 Å². The zero-order chi connectivity index (χ0) is 15.1. The smallest absolute Gasteiger partial charge is 0.219 e. The van der Waals surface area contributed by atoms with Crippen molar-refractivity contribution in [1.82, 2.24) is 15.1 Å². The van der Waals surface area contributed by atoms with Crippen molar-refractivity contribution in [2.75, 3.05) is 32.7 Å². The Morgan fingerprint density at radius 3 is 2.52 bits per heavy atom. The summed E-state index contributed by atoms with van der Waals surface area (Å²) in [7, 11) is 0. The zero-order valence-corrected chi connectivity index (χ0v) is 13.4. The molecule has 1 fully saturated rings. The molecule has 1 heterocycles. The maximum Gasteiger partial charge on any atom is 0.219 e. The summed E-state index contributed by atoms with van der Waals surface area (Å²) in [6, 6.07) is 10.4. The first-order valence-corrected chi connectivity index (χ1v) is 7.90. The lowest BCUT2D eigenvalue weighted by molar-refractivity contribution is -0.128. The number of thiocarbonyl (C=S) groups is 1. The Labute approximate surface area is 132 Å². The second kappa shape index (κ2) is 7.98. The number of nitrogens with one attached hydrogen (secondary N) is 1. The summed E-state index contributed by atoms with van der Waals surface area (Å²) in [5.74, 6) is 0.153. The van der Waals surface area contributed by atoms with Crippen LogP contribution in [0.15, 0.2) is 30.3 Å². The van der Waals surface area contributed by atoms with E-state index < -0.39 is 0 Å². The Balaban J connectivity index is 1.74. The molecule has 1 saturated heterocycles. The van der Waals surface area contributed by atoms with Gasteiger partial charge in [0.1, 0.15) is 0 Å². The number of benzene rings is 1. The van der Waals surface area contributed by atoms with Gasteiger partial charge in [-0.3, -0.25) is 4.79 Å². The average Bonchev–Trinajstić information content (AvgIpc) is 2.74.